The monoisotopic (exact) mass is 285 g/mol. The van der Waals surface area contributed by atoms with Crippen molar-refractivity contribution in [3.63, 3.8) is 0 Å². The summed E-state index contributed by atoms with van der Waals surface area (Å²) in [5.74, 6) is -1.40. The van der Waals surface area contributed by atoms with E-state index in [1.807, 2.05) is 27.7 Å². The third-order valence-corrected chi connectivity index (χ3v) is 3.82. The van der Waals surface area contributed by atoms with Gasteiger partial charge >= 0.3 is 5.97 Å². The van der Waals surface area contributed by atoms with Crippen LogP contribution in [0.1, 0.15) is 41.0 Å². The van der Waals surface area contributed by atoms with Crippen molar-refractivity contribution in [2.24, 2.45) is 11.3 Å². The number of carbonyl (C=O) groups is 2. The van der Waals surface area contributed by atoms with E-state index in [-0.39, 0.29) is 24.7 Å². The highest BCUT2D eigenvalue weighted by Gasteiger charge is 2.43. The molecule has 0 saturated carbocycles. The minimum Gasteiger partial charge on any atom is -0.465 e. The molecule has 0 aromatic carbocycles. The van der Waals surface area contributed by atoms with Crippen molar-refractivity contribution in [1.29, 1.82) is 0 Å². The molecule has 20 heavy (non-hydrogen) atoms. The van der Waals surface area contributed by atoms with Gasteiger partial charge in [0.1, 0.15) is 5.92 Å². The van der Waals surface area contributed by atoms with Gasteiger partial charge in [-0.2, -0.15) is 0 Å². The van der Waals surface area contributed by atoms with Gasteiger partial charge in [-0.15, -0.1) is 0 Å². The predicted molar refractivity (Wildman–Crippen MR) is 76.2 cm³/mol. The van der Waals surface area contributed by atoms with Crippen LogP contribution in [-0.2, 0) is 19.1 Å². The fourth-order valence-electron chi connectivity index (χ4n) is 2.65. The van der Waals surface area contributed by atoms with Gasteiger partial charge < -0.3 is 14.4 Å². The highest BCUT2D eigenvalue weighted by molar-refractivity contribution is 5.98. The zero-order chi connectivity index (χ0) is 15.5. The molecule has 0 bridgehead atoms. The standard InChI is InChI=1S/C15H27NO4/c1-7-19-14(18)12(15(3,4)5)13(17)16(6)11-8-9-20-10(11)2/h10-12H,7-9H2,1-6H3. The first-order valence-electron chi connectivity index (χ1n) is 7.25. The van der Waals surface area contributed by atoms with Crippen LogP contribution in [0.5, 0.6) is 0 Å². The minimum atomic E-state index is -0.778. The van der Waals surface area contributed by atoms with Gasteiger partial charge in [0.15, 0.2) is 0 Å². The molecule has 1 rings (SSSR count). The number of nitrogens with zero attached hydrogens (tertiary/aromatic N) is 1. The number of rotatable bonds is 4. The molecule has 1 amide bonds. The Bertz CT molecular complexity index is 361. The van der Waals surface area contributed by atoms with Crippen LogP contribution >= 0.6 is 0 Å². The Balaban J connectivity index is 2.90. The second-order valence-electron chi connectivity index (χ2n) is 6.43. The van der Waals surface area contributed by atoms with Gasteiger partial charge in [0, 0.05) is 13.7 Å². The zero-order valence-corrected chi connectivity index (χ0v) is 13.4. The Morgan fingerprint density at radius 1 is 1.40 bits per heavy atom. The number of ether oxygens (including phenoxy) is 2. The molecule has 0 aromatic rings. The van der Waals surface area contributed by atoms with Crippen molar-refractivity contribution in [1.82, 2.24) is 4.90 Å². The Hall–Kier alpha value is -1.10. The molecule has 3 unspecified atom stereocenters. The molecule has 5 nitrogen and oxygen atoms in total. The molecular weight excluding hydrogens is 258 g/mol. The summed E-state index contributed by atoms with van der Waals surface area (Å²) in [7, 11) is 1.75. The summed E-state index contributed by atoms with van der Waals surface area (Å²) in [5, 5.41) is 0. The van der Waals surface area contributed by atoms with Crippen LogP contribution in [-0.4, -0.2) is 49.2 Å². The fourth-order valence-corrected chi connectivity index (χ4v) is 2.65. The molecule has 0 aliphatic carbocycles. The number of amides is 1. The molecule has 0 spiro atoms. The average Bonchev–Trinajstić information content (AvgIpc) is 2.73. The van der Waals surface area contributed by atoms with E-state index in [2.05, 4.69) is 0 Å². The maximum atomic E-state index is 12.7. The third kappa shape index (κ3) is 3.72. The average molecular weight is 285 g/mol. The second-order valence-corrected chi connectivity index (χ2v) is 6.43. The smallest absolute Gasteiger partial charge is 0.319 e. The van der Waals surface area contributed by atoms with Gasteiger partial charge in [-0.25, -0.2) is 0 Å². The molecule has 1 fully saturated rings. The number of esters is 1. The van der Waals surface area contributed by atoms with E-state index in [1.54, 1.807) is 18.9 Å². The zero-order valence-electron chi connectivity index (χ0n) is 13.4. The van der Waals surface area contributed by atoms with Crippen LogP contribution in [0, 0.1) is 11.3 Å². The maximum absolute atomic E-state index is 12.7. The molecule has 1 heterocycles. The summed E-state index contributed by atoms with van der Waals surface area (Å²) in [5.41, 5.74) is -0.472. The van der Waals surface area contributed by atoms with Gasteiger partial charge in [0.2, 0.25) is 5.91 Å². The summed E-state index contributed by atoms with van der Waals surface area (Å²) in [6.45, 7) is 10.3. The molecule has 0 N–H and O–H groups in total. The van der Waals surface area contributed by atoms with Crippen molar-refractivity contribution in [2.45, 2.75) is 53.2 Å². The van der Waals surface area contributed by atoms with Crippen molar-refractivity contribution in [3.05, 3.63) is 0 Å². The van der Waals surface area contributed by atoms with Crippen molar-refractivity contribution in [3.8, 4) is 0 Å². The summed E-state index contributed by atoms with van der Waals surface area (Å²) >= 11 is 0. The lowest BCUT2D eigenvalue weighted by atomic mass is 9.79. The lowest BCUT2D eigenvalue weighted by molar-refractivity contribution is -0.161. The first-order valence-corrected chi connectivity index (χ1v) is 7.25. The van der Waals surface area contributed by atoms with Crippen LogP contribution < -0.4 is 0 Å². The SMILES string of the molecule is CCOC(=O)C(C(=O)N(C)C1CCOC1C)C(C)(C)C. The first-order chi connectivity index (χ1) is 9.20. The van der Waals surface area contributed by atoms with Crippen LogP contribution in [0.25, 0.3) is 0 Å². The third-order valence-electron chi connectivity index (χ3n) is 3.82. The van der Waals surface area contributed by atoms with Gasteiger partial charge in [-0.3, -0.25) is 9.59 Å². The van der Waals surface area contributed by atoms with E-state index >= 15 is 0 Å². The maximum Gasteiger partial charge on any atom is 0.319 e. The summed E-state index contributed by atoms with van der Waals surface area (Å²) in [6, 6.07) is 0.0294. The summed E-state index contributed by atoms with van der Waals surface area (Å²) in [6.07, 6.45) is 0.815. The molecule has 1 aliphatic rings. The molecule has 0 aromatic heterocycles. The van der Waals surface area contributed by atoms with Gasteiger partial charge in [0.25, 0.3) is 0 Å². The topological polar surface area (TPSA) is 55.8 Å². The van der Waals surface area contributed by atoms with E-state index in [4.69, 9.17) is 9.47 Å². The Morgan fingerprint density at radius 3 is 2.40 bits per heavy atom. The number of carbonyl (C=O) groups excluding carboxylic acids is 2. The Morgan fingerprint density at radius 2 is 2.00 bits per heavy atom. The highest BCUT2D eigenvalue weighted by Crippen LogP contribution is 2.30. The van der Waals surface area contributed by atoms with Crippen molar-refractivity contribution < 1.29 is 19.1 Å². The second kappa shape index (κ2) is 6.57. The van der Waals surface area contributed by atoms with Crippen LogP contribution in [0.3, 0.4) is 0 Å². The van der Waals surface area contributed by atoms with Gasteiger partial charge in [-0.1, -0.05) is 20.8 Å². The van der Waals surface area contributed by atoms with E-state index in [9.17, 15) is 9.59 Å². The van der Waals surface area contributed by atoms with E-state index in [0.29, 0.717) is 6.61 Å². The van der Waals surface area contributed by atoms with Gasteiger partial charge in [-0.05, 0) is 25.7 Å². The summed E-state index contributed by atoms with van der Waals surface area (Å²) < 4.78 is 10.6. The normalized spacial score (nSPS) is 24.3. The van der Waals surface area contributed by atoms with E-state index < -0.39 is 17.3 Å². The van der Waals surface area contributed by atoms with Crippen molar-refractivity contribution >= 4 is 11.9 Å². The molecule has 5 heteroatoms. The van der Waals surface area contributed by atoms with Crippen molar-refractivity contribution in [2.75, 3.05) is 20.3 Å². The van der Waals surface area contributed by atoms with E-state index in [0.717, 1.165) is 6.42 Å². The first kappa shape index (κ1) is 17.0. The van der Waals surface area contributed by atoms with Gasteiger partial charge in [0.05, 0.1) is 18.8 Å². The molecular formula is C15H27NO4. The number of hydrogen-bond acceptors (Lipinski definition) is 4. The minimum absolute atomic E-state index is 0.00626. The number of hydrogen-bond donors (Lipinski definition) is 0. The fraction of sp³-hybridized carbons (Fsp3) is 0.867. The molecule has 0 radical (unpaired) electrons. The lowest BCUT2D eigenvalue weighted by Gasteiger charge is -2.34. The van der Waals surface area contributed by atoms with Crippen LogP contribution in [0.15, 0.2) is 0 Å². The Labute approximate surface area is 121 Å². The predicted octanol–water partition coefficient (Wildman–Crippen LogP) is 1.85. The molecule has 3 atom stereocenters. The number of likely N-dealkylation sites (N-methyl/N-ethyl adjacent to an activating group) is 1. The largest absolute Gasteiger partial charge is 0.465 e. The molecule has 1 aliphatic heterocycles. The Kier molecular flexibility index (Phi) is 5.57. The van der Waals surface area contributed by atoms with Crippen LogP contribution in [0.4, 0.5) is 0 Å². The quantitative estimate of drug-likeness (QED) is 0.584. The molecule has 116 valence electrons. The van der Waals surface area contributed by atoms with E-state index in [1.165, 1.54) is 0 Å². The molecule has 1 saturated heterocycles. The van der Waals surface area contributed by atoms with Crippen LogP contribution in [0.2, 0.25) is 0 Å². The lowest BCUT2D eigenvalue weighted by Crippen LogP contribution is -2.49. The highest BCUT2D eigenvalue weighted by atomic mass is 16.5. The summed E-state index contributed by atoms with van der Waals surface area (Å²) in [4.78, 5) is 26.5.